The summed E-state index contributed by atoms with van der Waals surface area (Å²) in [6, 6.07) is 8.60. The topological polar surface area (TPSA) is 46.2 Å². The van der Waals surface area contributed by atoms with Gasteiger partial charge in [0.25, 0.3) is 5.91 Å². The Labute approximate surface area is 99.0 Å². The molecule has 0 bridgehead atoms. The van der Waals surface area contributed by atoms with Crippen LogP contribution in [0.25, 0.3) is 0 Å². The van der Waals surface area contributed by atoms with Crippen LogP contribution in [-0.2, 0) is 9.59 Å². The van der Waals surface area contributed by atoms with Crippen molar-refractivity contribution in [1.29, 1.82) is 0 Å². The molecule has 2 rings (SSSR count). The van der Waals surface area contributed by atoms with E-state index in [2.05, 4.69) is 5.32 Å². The quantitative estimate of drug-likeness (QED) is 0.800. The zero-order valence-electron chi connectivity index (χ0n) is 9.41. The number of hydrogen-bond acceptors (Lipinski definition) is 2. The second-order valence-electron chi connectivity index (χ2n) is 4.25. The summed E-state index contributed by atoms with van der Waals surface area (Å²) in [6.07, 6.45) is 1.39. The predicted molar refractivity (Wildman–Crippen MR) is 62.4 cm³/mol. The smallest absolute Gasteiger partial charge is 0.269 e. The first-order valence-corrected chi connectivity index (χ1v) is 5.72. The lowest BCUT2D eigenvalue weighted by Crippen LogP contribution is -2.47. The van der Waals surface area contributed by atoms with Crippen molar-refractivity contribution >= 4 is 17.4 Å². The second-order valence-corrected chi connectivity index (χ2v) is 4.25. The highest BCUT2D eigenvalue weighted by Crippen LogP contribution is 2.30. The van der Waals surface area contributed by atoms with Crippen molar-refractivity contribution < 1.29 is 14.0 Å². The molecule has 1 aromatic carbocycles. The van der Waals surface area contributed by atoms with Gasteiger partial charge in [-0.3, -0.25) is 9.59 Å². The van der Waals surface area contributed by atoms with Crippen LogP contribution in [0, 0.1) is 0 Å². The van der Waals surface area contributed by atoms with E-state index in [0.717, 1.165) is 0 Å². The van der Waals surface area contributed by atoms with Crippen LogP contribution in [0.3, 0.4) is 0 Å². The highest BCUT2D eigenvalue weighted by atomic mass is 19.1. The van der Waals surface area contributed by atoms with Crippen LogP contribution in [0.2, 0.25) is 0 Å². The summed E-state index contributed by atoms with van der Waals surface area (Å²) in [5, 5.41) is 2.45. The molecule has 90 valence electrons. The Hall–Kier alpha value is -1.71. The normalized spacial score (nSPS) is 24.4. The number of amides is 1. The maximum Gasteiger partial charge on any atom is 0.269 e. The number of carbonyl (C=O) groups is 2. The molecule has 4 heteroatoms. The van der Waals surface area contributed by atoms with E-state index in [4.69, 9.17) is 0 Å². The minimum atomic E-state index is -2.34. The summed E-state index contributed by atoms with van der Waals surface area (Å²) >= 11 is 0. The number of benzene rings is 1. The lowest BCUT2D eigenvalue weighted by Gasteiger charge is -2.26. The zero-order valence-corrected chi connectivity index (χ0v) is 9.41. The first kappa shape index (κ1) is 11.8. The monoisotopic (exact) mass is 235 g/mol. The number of nitrogens with one attached hydrogen (secondary N) is 1. The van der Waals surface area contributed by atoms with Gasteiger partial charge in [0.05, 0.1) is 0 Å². The standard InChI is InChI=1S/C13H14FNO2/c14-13(9-5-4-8-11(13)16)12(17)15-10-6-2-1-3-7-10/h1-3,6-7H,4-5,8-9H2,(H,15,17). The van der Waals surface area contributed by atoms with Crippen molar-refractivity contribution in [2.75, 3.05) is 5.32 Å². The maximum atomic E-state index is 14.3. The summed E-state index contributed by atoms with van der Waals surface area (Å²) in [5.41, 5.74) is -1.83. The Morgan fingerprint density at radius 3 is 2.59 bits per heavy atom. The number of Topliss-reactive ketones (excluding diaryl/α,β-unsaturated/α-hetero) is 1. The Morgan fingerprint density at radius 2 is 1.94 bits per heavy atom. The van der Waals surface area contributed by atoms with Gasteiger partial charge >= 0.3 is 0 Å². The van der Waals surface area contributed by atoms with Gasteiger partial charge in [-0.05, 0) is 31.4 Å². The van der Waals surface area contributed by atoms with E-state index in [1.807, 2.05) is 0 Å². The molecule has 0 heterocycles. The van der Waals surface area contributed by atoms with Crippen molar-refractivity contribution in [2.24, 2.45) is 0 Å². The van der Waals surface area contributed by atoms with Crippen molar-refractivity contribution in [3.8, 4) is 0 Å². The van der Waals surface area contributed by atoms with Crippen LogP contribution < -0.4 is 5.32 Å². The van der Waals surface area contributed by atoms with E-state index in [1.165, 1.54) is 0 Å². The van der Waals surface area contributed by atoms with Gasteiger partial charge in [-0.25, -0.2) is 4.39 Å². The van der Waals surface area contributed by atoms with Gasteiger partial charge in [-0.2, -0.15) is 0 Å². The molecule has 1 amide bonds. The highest BCUT2D eigenvalue weighted by Gasteiger charge is 2.47. The molecule has 0 radical (unpaired) electrons. The number of halogens is 1. The molecule has 0 saturated heterocycles. The Bertz CT molecular complexity index is 432. The lowest BCUT2D eigenvalue weighted by molar-refractivity contribution is -0.143. The molecule has 17 heavy (non-hydrogen) atoms. The molecular weight excluding hydrogens is 221 g/mol. The summed E-state index contributed by atoms with van der Waals surface area (Å²) in [7, 11) is 0. The van der Waals surface area contributed by atoms with Crippen molar-refractivity contribution in [3.05, 3.63) is 30.3 Å². The van der Waals surface area contributed by atoms with Crippen LogP contribution >= 0.6 is 0 Å². The van der Waals surface area contributed by atoms with Gasteiger partial charge in [0.1, 0.15) is 0 Å². The summed E-state index contributed by atoms with van der Waals surface area (Å²) in [4.78, 5) is 23.3. The molecule has 0 aliphatic heterocycles. The Balaban J connectivity index is 2.11. The first-order chi connectivity index (χ1) is 8.13. The molecule has 3 nitrogen and oxygen atoms in total. The number of ketones is 1. The van der Waals surface area contributed by atoms with Crippen molar-refractivity contribution in [3.63, 3.8) is 0 Å². The molecule has 1 fully saturated rings. The number of carbonyl (C=O) groups excluding carboxylic acids is 2. The van der Waals surface area contributed by atoms with E-state index in [9.17, 15) is 14.0 Å². The number of para-hydroxylation sites is 1. The highest BCUT2D eigenvalue weighted by molar-refractivity contribution is 6.14. The van der Waals surface area contributed by atoms with Crippen LogP contribution in [0.5, 0.6) is 0 Å². The Morgan fingerprint density at radius 1 is 1.24 bits per heavy atom. The summed E-state index contributed by atoms with van der Waals surface area (Å²) < 4.78 is 14.3. The van der Waals surface area contributed by atoms with Gasteiger partial charge < -0.3 is 5.32 Å². The summed E-state index contributed by atoms with van der Waals surface area (Å²) in [6.45, 7) is 0. The zero-order chi connectivity index (χ0) is 12.3. The third kappa shape index (κ3) is 2.35. The minimum Gasteiger partial charge on any atom is -0.323 e. The SMILES string of the molecule is O=C1CCCCC1(F)C(=O)Nc1ccccc1. The molecule has 1 saturated carbocycles. The van der Waals surface area contributed by atoms with Crippen molar-refractivity contribution in [2.45, 2.75) is 31.4 Å². The first-order valence-electron chi connectivity index (χ1n) is 5.72. The van der Waals surface area contributed by atoms with Gasteiger partial charge in [-0.1, -0.05) is 18.2 Å². The van der Waals surface area contributed by atoms with E-state index >= 15 is 0 Å². The van der Waals surface area contributed by atoms with E-state index in [-0.39, 0.29) is 12.8 Å². The van der Waals surface area contributed by atoms with Crippen LogP contribution in [0.4, 0.5) is 10.1 Å². The summed E-state index contributed by atoms with van der Waals surface area (Å²) in [5.74, 6) is -1.44. The molecule has 1 atom stereocenters. The number of rotatable bonds is 2. The van der Waals surface area contributed by atoms with Gasteiger partial charge in [0.15, 0.2) is 5.78 Å². The molecule has 1 N–H and O–H groups in total. The maximum absolute atomic E-state index is 14.3. The molecule has 1 aromatic rings. The van der Waals surface area contributed by atoms with Crippen LogP contribution in [0.15, 0.2) is 30.3 Å². The van der Waals surface area contributed by atoms with Gasteiger partial charge in [0.2, 0.25) is 5.67 Å². The fourth-order valence-corrected chi connectivity index (χ4v) is 1.98. The Kier molecular flexibility index (Phi) is 3.22. The minimum absolute atomic E-state index is 0.00942. The van der Waals surface area contributed by atoms with Crippen molar-refractivity contribution in [1.82, 2.24) is 0 Å². The van der Waals surface area contributed by atoms with Crippen LogP contribution in [-0.4, -0.2) is 17.4 Å². The second kappa shape index (κ2) is 4.65. The number of alkyl halides is 1. The predicted octanol–water partition coefficient (Wildman–Crippen LogP) is 2.48. The van der Waals surface area contributed by atoms with Crippen LogP contribution in [0.1, 0.15) is 25.7 Å². The van der Waals surface area contributed by atoms with E-state index in [0.29, 0.717) is 18.5 Å². The fraction of sp³-hybridized carbons (Fsp3) is 0.385. The number of anilines is 1. The molecular formula is C13H14FNO2. The fourth-order valence-electron chi connectivity index (χ4n) is 1.98. The third-order valence-corrected chi connectivity index (χ3v) is 3.01. The molecule has 1 unspecified atom stereocenters. The molecule has 1 aliphatic carbocycles. The van der Waals surface area contributed by atoms with Gasteiger partial charge in [-0.15, -0.1) is 0 Å². The third-order valence-electron chi connectivity index (χ3n) is 3.01. The van der Waals surface area contributed by atoms with E-state index in [1.54, 1.807) is 30.3 Å². The molecule has 1 aliphatic rings. The molecule has 0 aromatic heterocycles. The average Bonchev–Trinajstić information content (AvgIpc) is 2.34. The molecule has 0 spiro atoms. The number of hydrogen-bond donors (Lipinski definition) is 1. The van der Waals surface area contributed by atoms with E-state index < -0.39 is 17.4 Å². The lowest BCUT2D eigenvalue weighted by atomic mass is 9.84. The average molecular weight is 235 g/mol. The van der Waals surface area contributed by atoms with Gasteiger partial charge in [0, 0.05) is 12.1 Å². The largest absolute Gasteiger partial charge is 0.323 e.